The van der Waals surface area contributed by atoms with Crippen molar-refractivity contribution in [2.24, 2.45) is 0 Å². The Hall–Kier alpha value is -1.79. The van der Waals surface area contributed by atoms with E-state index in [1.165, 1.54) is 13.2 Å². The van der Waals surface area contributed by atoms with Crippen molar-refractivity contribution in [1.82, 2.24) is 0 Å². The van der Waals surface area contributed by atoms with Crippen LogP contribution in [0.1, 0.15) is 35.7 Å². The third-order valence-corrected chi connectivity index (χ3v) is 3.92. The number of phenolic OH excluding ortho intramolecular Hbond substituents is 1. The van der Waals surface area contributed by atoms with Gasteiger partial charge in [0.15, 0.2) is 0 Å². The summed E-state index contributed by atoms with van der Waals surface area (Å²) in [6.45, 7) is 1.83. The van der Waals surface area contributed by atoms with Crippen LogP contribution in [0.25, 0.3) is 0 Å². The number of hydrogen-bond acceptors (Lipinski definition) is 6. The third-order valence-electron chi connectivity index (χ3n) is 3.92. The average molecular weight is 294 g/mol. The SMILES string of the molecule is COc1cc(O)c2c(c1)C[C@@]1(C[C@H](O)C[C@H](C)O1)OC2=O. The lowest BCUT2D eigenvalue weighted by Crippen LogP contribution is -2.52. The maximum Gasteiger partial charge on any atom is 0.344 e. The Balaban J connectivity index is 2.01. The Morgan fingerprint density at radius 1 is 1.43 bits per heavy atom. The van der Waals surface area contributed by atoms with Crippen LogP contribution in [0.3, 0.4) is 0 Å². The molecule has 1 fully saturated rings. The minimum absolute atomic E-state index is 0.137. The Kier molecular flexibility index (Phi) is 3.30. The largest absolute Gasteiger partial charge is 0.507 e. The normalized spacial score (nSPS) is 31.7. The standard InChI is InChI=1S/C15H18O6/c1-8-3-10(16)7-15(20-8)6-9-4-11(19-2)5-12(17)13(9)14(18)21-15/h4-5,8,10,16-17H,3,6-7H2,1-2H3/t8-,10+,15-/m0/s1. The van der Waals surface area contributed by atoms with E-state index in [2.05, 4.69) is 0 Å². The van der Waals surface area contributed by atoms with Crippen molar-refractivity contribution in [3.05, 3.63) is 23.3 Å². The number of fused-ring (bicyclic) bond motifs is 1. The van der Waals surface area contributed by atoms with Crippen molar-refractivity contribution < 1.29 is 29.2 Å². The molecule has 2 N–H and O–H groups in total. The zero-order valence-corrected chi connectivity index (χ0v) is 12.0. The van der Waals surface area contributed by atoms with Crippen LogP contribution in [0.2, 0.25) is 0 Å². The molecule has 3 atom stereocenters. The highest BCUT2D eigenvalue weighted by Crippen LogP contribution is 2.41. The first kappa shape index (κ1) is 14.2. The molecular weight excluding hydrogens is 276 g/mol. The fourth-order valence-corrected chi connectivity index (χ4v) is 3.16. The molecule has 1 saturated heterocycles. The van der Waals surface area contributed by atoms with Gasteiger partial charge in [-0.2, -0.15) is 0 Å². The zero-order valence-electron chi connectivity index (χ0n) is 12.0. The average Bonchev–Trinajstić information content (AvgIpc) is 2.35. The van der Waals surface area contributed by atoms with Gasteiger partial charge in [0.25, 0.3) is 0 Å². The van der Waals surface area contributed by atoms with Crippen LogP contribution in [0.5, 0.6) is 11.5 Å². The summed E-state index contributed by atoms with van der Waals surface area (Å²) in [6.07, 6.45) is 0.223. The minimum atomic E-state index is -1.17. The van der Waals surface area contributed by atoms with E-state index in [4.69, 9.17) is 14.2 Å². The van der Waals surface area contributed by atoms with Gasteiger partial charge in [-0.15, -0.1) is 0 Å². The number of aliphatic hydroxyl groups excluding tert-OH is 1. The molecule has 2 heterocycles. The van der Waals surface area contributed by atoms with Gasteiger partial charge in [-0.25, -0.2) is 4.79 Å². The first-order valence-electron chi connectivity index (χ1n) is 6.91. The van der Waals surface area contributed by atoms with Gasteiger partial charge in [-0.3, -0.25) is 0 Å². The van der Waals surface area contributed by atoms with Crippen LogP contribution < -0.4 is 4.74 Å². The van der Waals surface area contributed by atoms with Crippen molar-refractivity contribution >= 4 is 5.97 Å². The number of aliphatic hydroxyl groups is 1. The number of rotatable bonds is 1. The zero-order chi connectivity index (χ0) is 15.2. The highest BCUT2D eigenvalue weighted by atomic mass is 16.7. The summed E-state index contributed by atoms with van der Waals surface area (Å²) < 4.78 is 16.3. The fourth-order valence-electron chi connectivity index (χ4n) is 3.16. The molecule has 21 heavy (non-hydrogen) atoms. The predicted molar refractivity (Wildman–Crippen MR) is 72.3 cm³/mol. The molecule has 2 aliphatic heterocycles. The summed E-state index contributed by atoms with van der Waals surface area (Å²) in [6, 6.07) is 3.06. The summed E-state index contributed by atoms with van der Waals surface area (Å²) in [4.78, 5) is 12.2. The third kappa shape index (κ3) is 2.45. The summed E-state index contributed by atoms with van der Waals surface area (Å²) in [5.74, 6) is -1.52. The van der Waals surface area contributed by atoms with Crippen molar-refractivity contribution in [1.29, 1.82) is 0 Å². The van der Waals surface area contributed by atoms with E-state index in [9.17, 15) is 15.0 Å². The van der Waals surface area contributed by atoms with Crippen LogP contribution in [0.4, 0.5) is 0 Å². The molecule has 0 aromatic heterocycles. The quantitative estimate of drug-likeness (QED) is 0.761. The van der Waals surface area contributed by atoms with Crippen LogP contribution in [0, 0.1) is 0 Å². The second-order valence-corrected chi connectivity index (χ2v) is 5.68. The lowest BCUT2D eigenvalue weighted by atomic mass is 9.89. The smallest absolute Gasteiger partial charge is 0.344 e. The number of esters is 1. The Morgan fingerprint density at radius 2 is 2.19 bits per heavy atom. The summed E-state index contributed by atoms with van der Waals surface area (Å²) in [5, 5.41) is 19.9. The first-order valence-corrected chi connectivity index (χ1v) is 6.91. The van der Waals surface area contributed by atoms with Crippen molar-refractivity contribution in [2.75, 3.05) is 7.11 Å². The molecule has 0 unspecified atom stereocenters. The van der Waals surface area contributed by atoms with E-state index >= 15 is 0 Å². The fraction of sp³-hybridized carbons (Fsp3) is 0.533. The topological polar surface area (TPSA) is 85.2 Å². The lowest BCUT2D eigenvalue weighted by Gasteiger charge is -2.43. The summed E-state index contributed by atoms with van der Waals surface area (Å²) in [7, 11) is 1.49. The van der Waals surface area contributed by atoms with E-state index in [0.717, 1.165) is 0 Å². The van der Waals surface area contributed by atoms with Gasteiger partial charge < -0.3 is 24.4 Å². The van der Waals surface area contributed by atoms with E-state index in [1.807, 2.05) is 6.92 Å². The maximum absolute atomic E-state index is 12.2. The lowest BCUT2D eigenvalue weighted by molar-refractivity contribution is -0.268. The molecule has 6 heteroatoms. The maximum atomic E-state index is 12.2. The molecule has 0 amide bonds. The molecule has 1 spiro atoms. The van der Waals surface area contributed by atoms with Crippen LogP contribution in [0.15, 0.2) is 12.1 Å². The van der Waals surface area contributed by atoms with E-state index < -0.39 is 17.9 Å². The molecule has 1 aromatic carbocycles. The molecule has 114 valence electrons. The number of phenols is 1. The summed E-state index contributed by atoms with van der Waals surface area (Å²) in [5.41, 5.74) is 0.738. The van der Waals surface area contributed by atoms with Crippen molar-refractivity contribution in [3.8, 4) is 11.5 Å². The van der Waals surface area contributed by atoms with E-state index in [1.54, 1.807) is 6.07 Å². The molecule has 0 radical (unpaired) electrons. The van der Waals surface area contributed by atoms with Gasteiger partial charge in [0, 0.05) is 18.9 Å². The van der Waals surface area contributed by atoms with Gasteiger partial charge in [0.1, 0.15) is 17.1 Å². The highest BCUT2D eigenvalue weighted by Gasteiger charge is 2.48. The molecule has 0 aliphatic carbocycles. The van der Waals surface area contributed by atoms with E-state index in [0.29, 0.717) is 17.7 Å². The molecule has 6 nitrogen and oxygen atoms in total. The predicted octanol–water partition coefficient (Wildman–Crippen LogP) is 1.37. The molecule has 0 bridgehead atoms. The van der Waals surface area contributed by atoms with Crippen LogP contribution >= 0.6 is 0 Å². The van der Waals surface area contributed by atoms with Crippen LogP contribution in [-0.4, -0.2) is 41.3 Å². The van der Waals surface area contributed by atoms with E-state index in [-0.39, 0.29) is 30.3 Å². The monoisotopic (exact) mass is 294 g/mol. The number of carbonyl (C=O) groups is 1. The van der Waals surface area contributed by atoms with Crippen LogP contribution in [-0.2, 0) is 15.9 Å². The highest BCUT2D eigenvalue weighted by molar-refractivity contribution is 5.95. The second-order valence-electron chi connectivity index (χ2n) is 5.68. The number of aromatic hydroxyl groups is 1. The Morgan fingerprint density at radius 3 is 2.86 bits per heavy atom. The number of carbonyl (C=O) groups excluding carboxylic acids is 1. The minimum Gasteiger partial charge on any atom is -0.507 e. The van der Waals surface area contributed by atoms with Gasteiger partial charge in [0.05, 0.1) is 19.3 Å². The van der Waals surface area contributed by atoms with Crippen molar-refractivity contribution in [2.45, 2.75) is 44.2 Å². The van der Waals surface area contributed by atoms with Crippen molar-refractivity contribution in [3.63, 3.8) is 0 Å². The number of ether oxygens (including phenoxy) is 3. The second kappa shape index (κ2) is 4.89. The molecular formula is C15H18O6. The van der Waals surface area contributed by atoms with Gasteiger partial charge in [0.2, 0.25) is 5.79 Å². The molecule has 1 aromatic rings. The number of methoxy groups -OCH3 is 1. The Bertz CT molecular complexity index is 572. The number of hydrogen-bond donors (Lipinski definition) is 2. The molecule has 3 rings (SSSR count). The first-order chi connectivity index (χ1) is 9.92. The number of benzene rings is 1. The Labute approximate surface area is 122 Å². The summed E-state index contributed by atoms with van der Waals surface area (Å²) >= 11 is 0. The van der Waals surface area contributed by atoms with Gasteiger partial charge in [-0.05, 0) is 25.0 Å². The molecule has 2 aliphatic rings. The van der Waals surface area contributed by atoms with Gasteiger partial charge >= 0.3 is 5.97 Å². The molecule has 0 saturated carbocycles. The van der Waals surface area contributed by atoms with Gasteiger partial charge in [-0.1, -0.05) is 0 Å².